The molecule has 34 heavy (non-hydrogen) atoms. The van der Waals surface area contributed by atoms with Crippen LogP contribution in [0, 0.1) is 0 Å². The van der Waals surface area contributed by atoms with Crippen LogP contribution in [-0.4, -0.2) is 48.2 Å². The van der Waals surface area contributed by atoms with Gasteiger partial charge in [-0.15, -0.1) is 0 Å². The van der Waals surface area contributed by atoms with E-state index in [1.807, 2.05) is 0 Å². The molecule has 0 bridgehead atoms. The van der Waals surface area contributed by atoms with Gasteiger partial charge in [0.1, 0.15) is 37.2 Å². The highest BCUT2D eigenvalue weighted by atomic mass is 35.5. The van der Waals surface area contributed by atoms with Crippen molar-refractivity contribution >= 4 is 52.6 Å². The van der Waals surface area contributed by atoms with Crippen molar-refractivity contribution in [1.82, 2.24) is 5.32 Å². The molecule has 0 radical (unpaired) electrons. The molecule has 2 aromatic carbocycles. The van der Waals surface area contributed by atoms with Gasteiger partial charge in [-0.2, -0.15) is 0 Å². The van der Waals surface area contributed by atoms with E-state index in [0.29, 0.717) is 5.56 Å². The fraction of sp³-hybridized carbons (Fsp3) is 0.217. The molecule has 1 amide bonds. The number of benzene rings is 2. The number of Topliss-reactive ketones (excluding diaryl/α,β-unsaturated/α-hetero) is 1. The normalized spacial score (nSPS) is 13.8. The van der Waals surface area contributed by atoms with Crippen LogP contribution in [0.2, 0.25) is 10.0 Å². The summed E-state index contributed by atoms with van der Waals surface area (Å²) in [5.74, 6) is -2.65. The summed E-state index contributed by atoms with van der Waals surface area (Å²) in [5.41, 5.74) is 1.16. The van der Waals surface area contributed by atoms with E-state index >= 15 is 0 Å². The van der Waals surface area contributed by atoms with Gasteiger partial charge in [-0.1, -0.05) is 59.6 Å². The minimum Gasteiger partial charge on any atom is -0.486 e. The van der Waals surface area contributed by atoms with Crippen LogP contribution in [0.1, 0.15) is 17.5 Å². The van der Waals surface area contributed by atoms with Crippen molar-refractivity contribution in [2.75, 3.05) is 13.2 Å². The van der Waals surface area contributed by atoms with Crippen molar-refractivity contribution in [3.8, 4) is 0 Å². The number of rotatable bonds is 10. The van der Waals surface area contributed by atoms with E-state index in [0.717, 1.165) is 5.56 Å². The van der Waals surface area contributed by atoms with E-state index in [4.69, 9.17) is 42.5 Å². The number of halogens is 2. The van der Waals surface area contributed by atoms with Gasteiger partial charge in [0, 0.05) is 0 Å². The SMILES string of the molecule is O=C(O)C[C@H](NC(=O)OCc1ccccc1)C(=O)COC1=C(c2ccc(Cl)c(Cl)c2)C(=O)OC1. The number of amides is 1. The van der Waals surface area contributed by atoms with Crippen molar-refractivity contribution in [3.05, 3.63) is 75.5 Å². The molecular formula is C23H19Cl2NO8. The number of carboxylic acids is 1. The molecule has 1 atom stereocenters. The maximum atomic E-state index is 12.6. The van der Waals surface area contributed by atoms with Crippen LogP contribution >= 0.6 is 23.2 Å². The number of esters is 1. The number of ketones is 1. The second-order valence-electron chi connectivity index (χ2n) is 7.11. The quantitative estimate of drug-likeness (QED) is 0.466. The molecule has 1 heterocycles. The molecule has 0 fully saturated rings. The number of hydrogen-bond acceptors (Lipinski definition) is 7. The van der Waals surface area contributed by atoms with Crippen molar-refractivity contribution in [3.63, 3.8) is 0 Å². The molecule has 0 aliphatic carbocycles. The fourth-order valence-corrected chi connectivity index (χ4v) is 3.32. The molecule has 3 rings (SSSR count). The lowest BCUT2D eigenvalue weighted by atomic mass is 10.1. The number of carbonyl (C=O) groups excluding carboxylic acids is 3. The monoisotopic (exact) mass is 507 g/mol. The molecule has 9 nitrogen and oxygen atoms in total. The van der Waals surface area contributed by atoms with Crippen molar-refractivity contribution in [1.29, 1.82) is 0 Å². The standard InChI is InChI=1S/C23H19Cl2NO8/c24-15-7-6-14(8-16(15)25)21-19(12-33-22(21)30)32-11-18(27)17(9-20(28)29)26-23(31)34-10-13-4-2-1-3-5-13/h1-8,17H,9-12H2,(H,26,31)(H,28,29)/t17-/m0/s1. The topological polar surface area (TPSA) is 128 Å². The first-order valence-electron chi connectivity index (χ1n) is 9.94. The lowest BCUT2D eigenvalue weighted by molar-refractivity contribution is -0.140. The molecule has 0 saturated carbocycles. The van der Waals surface area contributed by atoms with Crippen molar-refractivity contribution in [2.45, 2.75) is 19.1 Å². The van der Waals surface area contributed by atoms with Crippen LogP contribution in [0.3, 0.4) is 0 Å². The number of nitrogens with one attached hydrogen (secondary N) is 1. The van der Waals surface area contributed by atoms with Crippen LogP contribution in [0.25, 0.3) is 5.57 Å². The lowest BCUT2D eigenvalue weighted by Gasteiger charge is -2.16. The molecular weight excluding hydrogens is 489 g/mol. The Morgan fingerprint density at radius 2 is 1.82 bits per heavy atom. The molecule has 1 aliphatic heterocycles. The molecule has 0 spiro atoms. The Morgan fingerprint density at radius 3 is 2.50 bits per heavy atom. The van der Waals surface area contributed by atoms with Gasteiger partial charge in [0.15, 0.2) is 5.78 Å². The summed E-state index contributed by atoms with van der Waals surface area (Å²) in [5, 5.41) is 11.9. The van der Waals surface area contributed by atoms with E-state index in [1.54, 1.807) is 36.4 Å². The third-order valence-corrected chi connectivity index (χ3v) is 5.43. The number of aliphatic carboxylic acids is 1. The number of cyclic esters (lactones) is 1. The average molecular weight is 508 g/mol. The van der Waals surface area contributed by atoms with Gasteiger partial charge in [-0.25, -0.2) is 9.59 Å². The van der Waals surface area contributed by atoms with Gasteiger partial charge in [0.25, 0.3) is 0 Å². The van der Waals surface area contributed by atoms with Gasteiger partial charge < -0.3 is 24.6 Å². The highest BCUT2D eigenvalue weighted by Gasteiger charge is 2.30. The summed E-state index contributed by atoms with van der Waals surface area (Å²) >= 11 is 11.9. The second kappa shape index (κ2) is 11.5. The Bertz CT molecular complexity index is 1130. The number of carboxylic acid groups (broad SMARTS) is 1. The highest BCUT2D eigenvalue weighted by Crippen LogP contribution is 2.31. The summed E-state index contributed by atoms with van der Waals surface area (Å²) in [6.07, 6.45) is -1.64. The number of alkyl carbamates (subject to hydrolysis) is 1. The number of hydrogen-bond donors (Lipinski definition) is 2. The van der Waals surface area contributed by atoms with Gasteiger partial charge in [-0.05, 0) is 23.3 Å². The molecule has 0 saturated heterocycles. The van der Waals surface area contributed by atoms with E-state index in [-0.39, 0.29) is 34.6 Å². The fourth-order valence-electron chi connectivity index (χ4n) is 3.02. The zero-order valence-electron chi connectivity index (χ0n) is 17.6. The van der Waals surface area contributed by atoms with Gasteiger partial charge in [0.2, 0.25) is 0 Å². The van der Waals surface area contributed by atoms with Gasteiger partial charge in [0.05, 0.1) is 16.5 Å². The predicted octanol–water partition coefficient (Wildman–Crippen LogP) is 3.62. The zero-order valence-corrected chi connectivity index (χ0v) is 19.1. The number of ether oxygens (including phenoxy) is 3. The molecule has 11 heteroatoms. The molecule has 2 N–H and O–H groups in total. The highest BCUT2D eigenvalue weighted by molar-refractivity contribution is 6.42. The molecule has 0 unspecified atom stereocenters. The maximum absolute atomic E-state index is 12.6. The summed E-state index contributed by atoms with van der Waals surface area (Å²) in [7, 11) is 0. The molecule has 0 aromatic heterocycles. The van der Waals surface area contributed by atoms with E-state index in [9.17, 15) is 19.2 Å². The van der Waals surface area contributed by atoms with E-state index in [2.05, 4.69) is 5.32 Å². The smallest absolute Gasteiger partial charge is 0.408 e. The largest absolute Gasteiger partial charge is 0.486 e. The Kier molecular flexibility index (Phi) is 8.50. The van der Waals surface area contributed by atoms with E-state index in [1.165, 1.54) is 12.1 Å². The summed E-state index contributed by atoms with van der Waals surface area (Å²) in [6.45, 7) is -0.901. The summed E-state index contributed by atoms with van der Waals surface area (Å²) in [4.78, 5) is 48.1. The Morgan fingerprint density at radius 1 is 1.09 bits per heavy atom. The molecule has 2 aromatic rings. The van der Waals surface area contributed by atoms with Crippen LogP contribution in [0.5, 0.6) is 0 Å². The van der Waals surface area contributed by atoms with Gasteiger partial charge >= 0.3 is 18.0 Å². The first-order valence-corrected chi connectivity index (χ1v) is 10.7. The third kappa shape index (κ3) is 6.72. The minimum absolute atomic E-state index is 0.0590. The first kappa shape index (κ1) is 25.1. The van der Waals surface area contributed by atoms with Crippen LogP contribution < -0.4 is 5.32 Å². The molecule has 178 valence electrons. The zero-order chi connectivity index (χ0) is 24.7. The number of carbonyl (C=O) groups is 4. The lowest BCUT2D eigenvalue weighted by Crippen LogP contribution is -2.44. The summed E-state index contributed by atoms with van der Waals surface area (Å²) in [6, 6.07) is 11.9. The summed E-state index contributed by atoms with van der Waals surface area (Å²) < 4.78 is 15.5. The second-order valence-corrected chi connectivity index (χ2v) is 7.93. The first-order chi connectivity index (χ1) is 16.2. The molecule has 1 aliphatic rings. The average Bonchev–Trinajstić information content (AvgIpc) is 3.18. The van der Waals surface area contributed by atoms with E-state index < -0.39 is 42.9 Å². The Labute approximate surface area is 204 Å². The predicted molar refractivity (Wildman–Crippen MR) is 121 cm³/mol. The van der Waals surface area contributed by atoms with Crippen LogP contribution in [0.4, 0.5) is 4.79 Å². The van der Waals surface area contributed by atoms with Crippen LogP contribution in [-0.2, 0) is 35.2 Å². The van der Waals surface area contributed by atoms with Gasteiger partial charge in [-0.3, -0.25) is 9.59 Å². The third-order valence-electron chi connectivity index (χ3n) is 4.69. The Balaban J connectivity index is 1.65. The van der Waals surface area contributed by atoms with Crippen molar-refractivity contribution in [2.24, 2.45) is 0 Å². The van der Waals surface area contributed by atoms with Crippen LogP contribution in [0.15, 0.2) is 54.3 Å². The minimum atomic E-state index is -1.41. The maximum Gasteiger partial charge on any atom is 0.408 e. The Hall–Kier alpha value is -3.56. The van der Waals surface area contributed by atoms with Crippen molar-refractivity contribution < 1.29 is 38.5 Å².